The molecule has 1 aromatic carbocycles. The zero-order valence-electron chi connectivity index (χ0n) is 18.2. The lowest BCUT2D eigenvalue weighted by atomic mass is 10.1. The van der Waals surface area contributed by atoms with Gasteiger partial charge >= 0.3 is 0 Å². The smallest absolute Gasteiger partial charge is 0.191 e. The molecule has 0 saturated heterocycles. The van der Waals surface area contributed by atoms with Gasteiger partial charge in [0.25, 0.3) is 0 Å². The van der Waals surface area contributed by atoms with Crippen molar-refractivity contribution in [3.05, 3.63) is 41.6 Å². The van der Waals surface area contributed by atoms with Gasteiger partial charge in [0.05, 0.1) is 18.0 Å². The number of hydrogen-bond acceptors (Lipinski definition) is 5. The van der Waals surface area contributed by atoms with E-state index in [1.807, 2.05) is 30.3 Å². The molecule has 8 nitrogen and oxygen atoms in total. The van der Waals surface area contributed by atoms with Gasteiger partial charge in [-0.15, -0.1) is 0 Å². The van der Waals surface area contributed by atoms with Crippen molar-refractivity contribution in [3.8, 4) is 11.8 Å². The van der Waals surface area contributed by atoms with Crippen molar-refractivity contribution in [2.24, 2.45) is 10.9 Å². The molecule has 0 bridgehead atoms. The highest BCUT2D eigenvalue weighted by Gasteiger charge is 2.16. The molecule has 0 spiro atoms. The molecule has 2 rings (SSSR count). The van der Waals surface area contributed by atoms with E-state index in [2.05, 4.69) is 40.6 Å². The lowest BCUT2D eigenvalue weighted by molar-refractivity contribution is 0.128. The first kappa shape index (κ1) is 23.2. The lowest BCUT2D eigenvalue weighted by Gasteiger charge is -2.12. The highest BCUT2D eigenvalue weighted by atomic mass is 16.5. The van der Waals surface area contributed by atoms with E-state index in [4.69, 9.17) is 10.5 Å². The zero-order valence-corrected chi connectivity index (χ0v) is 18.2. The minimum atomic E-state index is 0.376. The summed E-state index contributed by atoms with van der Waals surface area (Å²) in [6, 6.07) is 11.8. The van der Waals surface area contributed by atoms with Crippen LogP contribution in [0, 0.1) is 17.2 Å². The molecule has 0 saturated carbocycles. The van der Waals surface area contributed by atoms with E-state index in [1.54, 1.807) is 11.7 Å². The van der Waals surface area contributed by atoms with Crippen molar-refractivity contribution in [1.29, 1.82) is 5.26 Å². The zero-order chi connectivity index (χ0) is 21.8. The first-order valence-electron chi connectivity index (χ1n) is 10.4. The summed E-state index contributed by atoms with van der Waals surface area (Å²) in [5.41, 5.74) is 8.15. The summed E-state index contributed by atoms with van der Waals surface area (Å²) in [5, 5.41) is 20.6. The fourth-order valence-electron chi connectivity index (χ4n) is 2.89. The van der Waals surface area contributed by atoms with Crippen LogP contribution >= 0.6 is 0 Å². The van der Waals surface area contributed by atoms with E-state index in [1.165, 1.54) is 0 Å². The number of benzene rings is 1. The van der Waals surface area contributed by atoms with Gasteiger partial charge in [0.2, 0.25) is 0 Å². The molecule has 0 radical (unpaired) electrons. The number of ether oxygens (including phenoxy) is 1. The van der Waals surface area contributed by atoms with Crippen molar-refractivity contribution in [2.75, 3.05) is 39.1 Å². The fourth-order valence-corrected chi connectivity index (χ4v) is 2.89. The van der Waals surface area contributed by atoms with Gasteiger partial charge in [0.1, 0.15) is 17.5 Å². The highest BCUT2D eigenvalue weighted by Crippen LogP contribution is 2.21. The largest absolute Gasteiger partial charge is 0.382 e. The number of anilines is 1. The molecule has 0 unspecified atom stereocenters. The van der Waals surface area contributed by atoms with Crippen LogP contribution in [0.1, 0.15) is 37.9 Å². The molecule has 162 valence electrons. The molecule has 0 aliphatic rings. The Kier molecular flexibility index (Phi) is 9.68. The molecular formula is C22H33N7O. The summed E-state index contributed by atoms with van der Waals surface area (Å²) >= 11 is 0. The van der Waals surface area contributed by atoms with Crippen LogP contribution in [-0.2, 0) is 11.2 Å². The molecule has 1 heterocycles. The van der Waals surface area contributed by atoms with Crippen LogP contribution < -0.4 is 16.4 Å². The van der Waals surface area contributed by atoms with Crippen LogP contribution in [-0.4, -0.2) is 49.1 Å². The van der Waals surface area contributed by atoms with Gasteiger partial charge in [0.15, 0.2) is 5.96 Å². The van der Waals surface area contributed by atoms with Gasteiger partial charge in [-0.3, -0.25) is 4.99 Å². The number of guanidine groups is 1. The molecule has 0 amide bonds. The predicted octanol–water partition coefficient (Wildman–Crippen LogP) is 2.49. The number of aromatic nitrogens is 2. The maximum absolute atomic E-state index is 9.49. The second-order valence-electron chi connectivity index (χ2n) is 7.39. The van der Waals surface area contributed by atoms with Crippen LogP contribution in [0.4, 0.5) is 5.82 Å². The number of nitrogens with one attached hydrogen (secondary N) is 2. The van der Waals surface area contributed by atoms with E-state index < -0.39 is 0 Å². The van der Waals surface area contributed by atoms with Crippen LogP contribution in [0.3, 0.4) is 0 Å². The molecule has 2 aromatic rings. The maximum Gasteiger partial charge on any atom is 0.191 e. The van der Waals surface area contributed by atoms with E-state index in [-0.39, 0.29) is 0 Å². The van der Waals surface area contributed by atoms with Crippen molar-refractivity contribution in [1.82, 2.24) is 20.4 Å². The lowest BCUT2D eigenvalue weighted by Crippen LogP contribution is -2.39. The second-order valence-corrected chi connectivity index (χ2v) is 7.39. The summed E-state index contributed by atoms with van der Waals surface area (Å²) in [4.78, 5) is 4.22. The molecule has 0 aliphatic heterocycles. The summed E-state index contributed by atoms with van der Waals surface area (Å²) < 4.78 is 7.23. The minimum absolute atomic E-state index is 0.376. The van der Waals surface area contributed by atoms with Crippen LogP contribution in [0.15, 0.2) is 35.3 Å². The maximum atomic E-state index is 9.49. The summed E-state index contributed by atoms with van der Waals surface area (Å²) in [6.45, 7) is 7.21. The fraction of sp³-hybridized carbons (Fsp3) is 0.500. The normalized spacial score (nSPS) is 11.5. The monoisotopic (exact) mass is 411 g/mol. The van der Waals surface area contributed by atoms with Crippen molar-refractivity contribution in [3.63, 3.8) is 0 Å². The number of nitrogens with zero attached hydrogens (tertiary/aromatic N) is 4. The average molecular weight is 412 g/mol. The standard InChI is InChI=1S/C22H33N7O/c1-17(2)11-14-30-15-13-27-22(25-3)26-12-7-10-20-19(16-23)21(24)29(28-20)18-8-5-4-6-9-18/h4-6,8-9,17H,7,10-15,24H2,1-3H3,(H2,25,26,27). The van der Waals surface area contributed by atoms with Gasteiger partial charge in [0, 0.05) is 26.7 Å². The Labute approximate surface area is 179 Å². The van der Waals surface area contributed by atoms with Gasteiger partial charge in [-0.25, -0.2) is 4.68 Å². The van der Waals surface area contributed by atoms with Crippen molar-refractivity contribution >= 4 is 11.8 Å². The summed E-state index contributed by atoms with van der Waals surface area (Å²) in [5.74, 6) is 1.77. The Morgan fingerprint density at radius 3 is 2.63 bits per heavy atom. The molecule has 0 fully saturated rings. The topological polar surface area (TPSA) is 113 Å². The van der Waals surface area contributed by atoms with Crippen LogP contribution in [0.25, 0.3) is 5.69 Å². The van der Waals surface area contributed by atoms with Crippen LogP contribution in [0.2, 0.25) is 0 Å². The Morgan fingerprint density at radius 1 is 1.23 bits per heavy atom. The number of rotatable bonds is 11. The van der Waals surface area contributed by atoms with E-state index in [9.17, 15) is 5.26 Å². The highest BCUT2D eigenvalue weighted by molar-refractivity contribution is 5.79. The Bertz CT molecular complexity index is 837. The molecule has 8 heteroatoms. The minimum Gasteiger partial charge on any atom is -0.382 e. The summed E-state index contributed by atoms with van der Waals surface area (Å²) in [6.07, 6.45) is 2.52. The number of aryl methyl sites for hydroxylation is 1. The third kappa shape index (κ3) is 7.08. The van der Waals surface area contributed by atoms with Gasteiger partial charge < -0.3 is 21.1 Å². The third-order valence-electron chi connectivity index (χ3n) is 4.59. The predicted molar refractivity (Wildman–Crippen MR) is 121 cm³/mol. The third-order valence-corrected chi connectivity index (χ3v) is 4.59. The van der Waals surface area contributed by atoms with E-state index in [0.717, 1.165) is 31.1 Å². The van der Waals surface area contributed by atoms with Gasteiger partial charge in [-0.2, -0.15) is 10.4 Å². The number of nitrogen functional groups attached to an aromatic ring is 1. The molecule has 0 atom stereocenters. The molecule has 1 aromatic heterocycles. The quantitative estimate of drug-likeness (QED) is 0.297. The number of para-hydroxylation sites is 1. The Balaban J connectivity index is 1.77. The molecule has 0 aliphatic carbocycles. The number of nitrogens with two attached hydrogens (primary N) is 1. The van der Waals surface area contributed by atoms with Gasteiger partial charge in [-0.1, -0.05) is 32.0 Å². The van der Waals surface area contributed by atoms with Gasteiger partial charge in [-0.05, 0) is 37.3 Å². The SMILES string of the molecule is CN=C(NCCCc1nn(-c2ccccc2)c(N)c1C#N)NCCOCCC(C)C. The number of aliphatic imine (C=N–C) groups is 1. The summed E-state index contributed by atoms with van der Waals surface area (Å²) in [7, 11) is 1.74. The molecular weight excluding hydrogens is 378 g/mol. The van der Waals surface area contributed by atoms with Crippen LogP contribution in [0.5, 0.6) is 0 Å². The molecule has 30 heavy (non-hydrogen) atoms. The second kappa shape index (κ2) is 12.5. The van der Waals surface area contributed by atoms with E-state index >= 15 is 0 Å². The first-order chi connectivity index (χ1) is 14.6. The number of nitriles is 1. The van der Waals surface area contributed by atoms with E-state index in [0.29, 0.717) is 49.1 Å². The number of hydrogen-bond donors (Lipinski definition) is 3. The van der Waals surface area contributed by atoms with Crippen molar-refractivity contribution in [2.45, 2.75) is 33.1 Å². The Hall–Kier alpha value is -3.05. The molecule has 4 N–H and O–H groups in total. The first-order valence-corrected chi connectivity index (χ1v) is 10.4. The van der Waals surface area contributed by atoms with Crippen molar-refractivity contribution < 1.29 is 4.74 Å². The Morgan fingerprint density at radius 2 is 1.97 bits per heavy atom. The average Bonchev–Trinajstić information content (AvgIpc) is 3.07.